The molecule has 11 heavy (non-hydrogen) atoms. The van der Waals surface area contributed by atoms with Crippen LogP contribution in [0.15, 0.2) is 0 Å². The van der Waals surface area contributed by atoms with Crippen LogP contribution in [0.25, 0.3) is 0 Å². The minimum absolute atomic E-state index is 0.00861. The number of nitrogens with one attached hydrogen (secondary N) is 1. The molecule has 0 amide bonds. The minimum atomic E-state index is -0.910. The molecule has 4 nitrogen and oxygen atoms in total. The van der Waals surface area contributed by atoms with E-state index < -0.39 is 11.6 Å². The van der Waals surface area contributed by atoms with Crippen molar-refractivity contribution in [1.82, 2.24) is 5.32 Å². The first-order valence-electron chi connectivity index (χ1n) is 3.57. The molecule has 0 aromatic rings. The lowest BCUT2D eigenvalue weighted by molar-refractivity contribution is -0.138. The van der Waals surface area contributed by atoms with Crippen LogP contribution in [0.3, 0.4) is 0 Å². The summed E-state index contributed by atoms with van der Waals surface area (Å²) in [6, 6.07) is 0. The molecular formula is C7H15NO3. The quantitative estimate of drug-likeness (QED) is 0.523. The van der Waals surface area contributed by atoms with Gasteiger partial charge in [-0.25, -0.2) is 0 Å². The highest BCUT2D eigenvalue weighted by atomic mass is 16.4. The van der Waals surface area contributed by atoms with Gasteiger partial charge in [-0.2, -0.15) is 0 Å². The summed E-state index contributed by atoms with van der Waals surface area (Å²) >= 11 is 0. The van der Waals surface area contributed by atoms with E-state index >= 15 is 0 Å². The van der Waals surface area contributed by atoms with E-state index in [-0.39, 0.29) is 12.8 Å². The van der Waals surface area contributed by atoms with Crippen LogP contribution in [0.1, 0.15) is 19.8 Å². The van der Waals surface area contributed by atoms with Crippen LogP contribution in [0.5, 0.6) is 0 Å². The van der Waals surface area contributed by atoms with Gasteiger partial charge in [0.1, 0.15) is 0 Å². The van der Waals surface area contributed by atoms with Crippen molar-refractivity contribution >= 4 is 5.97 Å². The van der Waals surface area contributed by atoms with E-state index in [1.54, 1.807) is 14.0 Å². The second kappa shape index (κ2) is 4.31. The molecule has 0 saturated heterocycles. The Balaban J connectivity index is 3.63. The fourth-order valence-corrected chi connectivity index (χ4v) is 0.845. The van der Waals surface area contributed by atoms with E-state index in [9.17, 15) is 9.90 Å². The van der Waals surface area contributed by atoms with Crippen molar-refractivity contribution in [3.63, 3.8) is 0 Å². The number of hydrogen-bond acceptors (Lipinski definition) is 3. The number of rotatable bonds is 5. The molecule has 0 aliphatic rings. The fraction of sp³-hybridized carbons (Fsp3) is 0.857. The molecule has 0 aromatic heterocycles. The van der Waals surface area contributed by atoms with Crippen LogP contribution >= 0.6 is 0 Å². The Morgan fingerprint density at radius 2 is 2.18 bits per heavy atom. The Bertz CT molecular complexity index is 134. The lowest BCUT2D eigenvalue weighted by Gasteiger charge is -2.21. The molecule has 1 unspecified atom stereocenters. The van der Waals surface area contributed by atoms with E-state index in [0.29, 0.717) is 6.54 Å². The van der Waals surface area contributed by atoms with Gasteiger partial charge in [0.2, 0.25) is 0 Å². The molecular weight excluding hydrogens is 146 g/mol. The third-order valence-corrected chi connectivity index (χ3v) is 1.44. The first-order chi connectivity index (χ1) is 4.98. The van der Waals surface area contributed by atoms with Crippen molar-refractivity contribution in [3.05, 3.63) is 0 Å². The van der Waals surface area contributed by atoms with Crippen LogP contribution in [-0.2, 0) is 4.79 Å². The highest BCUT2D eigenvalue weighted by Gasteiger charge is 2.19. The number of carboxylic acids is 1. The first-order valence-corrected chi connectivity index (χ1v) is 3.57. The molecule has 0 saturated carbocycles. The molecule has 4 heteroatoms. The van der Waals surface area contributed by atoms with Crippen LogP contribution in [0.2, 0.25) is 0 Å². The van der Waals surface area contributed by atoms with Gasteiger partial charge in [-0.05, 0) is 20.4 Å². The average molecular weight is 161 g/mol. The summed E-state index contributed by atoms with van der Waals surface area (Å²) in [6.45, 7) is 2.03. The largest absolute Gasteiger partial charge is 0.481 e. The lowest BCUT2D eigenvalue weighted by atomic mass is 10.0. The molecule has 0 aliphatic heterocycles. The Kier molecular flexibility index (Phi) is 4.07. The number of aliphatic hydroxyl groups is 1. The Hall–Kier alpha value is -0.610. The molecule has 0 aromatic carbocycles. The van der Waals surface area contributed by atoms with E-state index in [0.717, 1.165) is 0 Å². The molecule has 0 rings (SSSR count). The molecule has 0 radical (unpaired) electrons. The standard InChI is InChI=1S/C7H15NO3/c1-7(11,5-8-2)4-3-6(9)10/h8,11H,3-5H2,1-2H3,(H,9,10). The zero-order valence-corrected chi connectivity index (χ0v) is 6.92. The molecule has 0 spiro atoms. The van der Waals surface area contributed by atoms with Crippen LogP contribution < -0.4 is 5.32 Å². The SMILES string of the molecule is CNCC(C)(O)CCC(=O)O. The fourth-order valence-electron chi connectivity index (χ4n) is 0.845. The summed E-state index contributed by atoms with van der Waals surface area (Å²) in [5.41, 5.74) is -0.910. The van der Waals surface area contributed by atoms with E-state index in [1.165, 1.54) is 0 Å². The van der Waals surface area contributed by atoms with Gasteiger partial charge in [0, 0.05) is 13.0 Å². The molecule has 0 bridgehead atoms. The van der Waals surface area contributed by atoms with Crippen molar-refractivity contribution in [2.24, 2.45) is 0 Å². The molecule has 0 aliphatic carbocycles. The van der Waals surface area contributed by atoms with Gasteiger partial charge in [-0.15, -0.1) is 0 Å². The number of hydrogen-bond donors (Lipinski definition) is 3. The maximum Gasteiger partial charge on any atom is 0.303 e. The third kappa shape index (κ3) is 5.82. The Morgan fingerprint density at radius 1 is 1.64 bits per heavy atom. The highest BCUT2D eigenvalue weighted by Crippen LogP contribution is 2.09. The van der Waals surface area contributed by atoms with Crippen molar-refractivity contribution in [2.45, 2.75) is 25.4 Å². The van der Waals surface area contributed by atoms with E-state index in [2.05, 4.69) is 5.32 Å². The highest BCUT2D eigenvalue weighted by molar-refractivity contribution is 5.66. The monoisotopic (exact) mass is 161 g/mol. The Morgan fingerprint density at radius 3 is 2.55 bits per heavy atom. The number of carboxylic acid groups (broad SMARTS) is 1. The molecule has 3 N–H and O–H groups in total. The van der Waals surface area contributed by atoms with Crippen LogP contribution in [-0.4, -0.2) is 35.4 Å². The van der Waals surface area contributed by atoms with Gasteiger partial charge in [0.25, 0.3) is 0 Å². The zero-order chi connectivity index (χ0) is 8.91. The number of aliphatic carboxylic acids is 1. The van der Waals surface area contributed by atoms with Gasteiger partial charge in [0.15, 0.2) is 0 Å². The van der Waals surface area contributed by atoms with Gasteiger partial charge in [0.05, 0.1) is 5.60 Å². The van der Waals surface area contributed by atoms with Crippen LogP contribution in [0, 0.1) is 0 Å². The van der Waals surface area contributed by atoms with Gasteiger partial charge < -0.3 is 15.5 Å². The smallest absolute Gasteiger partial charge is 0.303 e. The molecule has 1 atom stereocenters. The summed E-state index contributed by atoms with van der Waals surface area (Å²) < 4.78 is 0. The maximum absolute atomic E-state index is 10.1. The van der Waals surface area contributed by atoms with Gasteiger partial charge in [-0.3, -0.25) is 4.79 Å². The summed E-state index contributed by atoms with van der Waals surface area (Å²) in [5.74, 6) is -0.874. The normalized spacial score (nSPS) is 15.9. The summed E-state index contributed by atoms with van der Waals surface area (Å²) in [6.07, 6.45) is 0.290. The predicted molar refractivity (Wildman–Crippen MR) is 41.4 cm³/mol. The average Bonchev–Trinajstić information content (AvgIpc) is 1.84. The van der Waals surface area contributed by atoms with Crippen LogP contribution in [0.4, 0.5) is 0 Å². The summed E-state index contributed by atoms with van der Waals surface area (Å²) in [5, 5.41) is 20.5. The van der Waals surface area contributed by atoms with Crippen molar-refractivity contribution in [2.75, 3.05) is 13.6 Å². The maximum atomic E-state index is 10.1. The van der Waals surface area contributed by atoms with Crippen molar-refractivity contribution < 1.29 is 15.0 Å². The summed E-state index contributed by atoms with van der Waals surface area (Å²) in [7, 11) is 1.72. The van der Waals surface area contributed by atoms with Crippen molar-refractivity contribution in [1.29, 1.82) is 0 Å². The predicted octanol–water partition coefficient (Wildman–Crippen LogP) is -0.178. The van der Waals surface area contributed by atoms with Crippen molar-refractivity contribution in [3.8, 4) is 0 Å². The Labute approximate surface area is 66.2 Å². The van der Waals surface area contributed by atoms with Gasteiger partial charge in [-0.1, -0.05) is 0 Å². The molecule has 0 fully saturated rings. The van der Waals surface area contributed by atoms with Gasteiger partial charge >= 0.3 is 5.97 Å². The number of likely N-dealkylation sites (N-methyl/N-ethyl adjacent to an activating group) is 1. The molecule has 0 heterocycles. The third-order valence-electron chi connectivity index (χ3n) is 1.44. The second-order valence-electron chi connectivity index (χ2n) is 2.92. The zero-order valence-electron chi connectivity index (χ0n) is 6.92. The topological polar surface area (TPSA) is 69.6 Å². The van der Waals surface area contributed by atoms with E-state index in [1.807, 2.05) is 0 Å². The first kappa shape index (κ1) is 10.4. The van der Waals surface area contributed by atoms with E-state index in [4.69, 9.17) is 5.11 Å². The minimum Gasteiger partial charge on any atom is -0.481 e. The lowest BCUT2D eigenvalue weighted by Crippen LogP contribution is -2.36. The summed E-state index contributed by atoms with van der Waals surface area (Å²) in [4.78, 5) is 10.1. The molecule has 66 valence electrons. The number of carbonyl (C=O) groups is 1. The second-order valence-corrected chi connectivity index (χ2v) is 2.92.